The lowest BCUT2D eigenvalue weighted by Crippen LogP contribution is -2.41. The predicted molar refractivity (Wildman–Crippen MR) is 99.6 cm³/mol. The molecule has 25 heavy (non-hydrogen) atoms. The Morgan fingerprint density at radius 3 is 2.40 bits per heavy atom. The fraction of sp³-hybridized carbons (Fsp3) is 0.600. The molecule has 2 rings (SSSR count). The summed E-state index contributed by atoms with van der Waals surface area (Å²) in [5.74, 6) is -0.00264. The Kier molecular flexibility index (Phi) is 7.76. The molecule has 0 saturated carbocycles. The largest absolute Gasteiger partial charge is 0.450 e. The third-order valence-electron chi connectivity index (χ3n) is 4.68. The van der Waals surface area contributed by atoms with Crippen LogP contribution in [0.25, 0.3) is 0 Å². The number of nitrogens with zero attached hydrogens (tertiary/aromatic N) is 1. The number of hydrogen-bond acceptors (Lipinski definition) is 3. The Morgan fingerprint density at radius 1 is 1.12 bits per heavy atom. The average molecular weight is 346 g/mol. The highest BCUT2D eigenvalue weighted by Crippen LogP contribution is 2.20. The van der Waals surface area contributed by atoms with E-state index in [-0.39, 0.29) is 17.9 Å². The van der Waals surface area contributed by atoms with Gasteiger partial charge in [0.25, 0.3) is 0 Å². The number of benzene rings is 1. The number of carbonyl (C=O) groups excluding carboxylic acids is 2. The van der Waals surface area contributed by atoms with Gasteiger partial charge in [-0.15, -0.1) is 0 Å². The molecule has 0 atom stereocenters. The smallest absolute Gasteiger partial charge is 0.409 e. The van der Waals surface area contributed by atoms with Gasteiger partial charge in [0, 0.05) is 24.7 Å². The van der Waals surface area contributed by atoms with Crippen LogP contribution in [0.3, 0.4) is 0 Å². The first-order valence-electron chi connectivity index (χ1n) is 9.45. The van der Waals surface area contributed by atoms with E-state index in [1.807, 2.05) is 12.1 Å². The molecule has 1 fully saturated rings. The molecule has 138 valence electrons. The number of anilines is 1. The Labute approximate surface area is 150 Å². The van der Waals surface area contributed by atoms with Crippen molar-refractivity contribution in [3.63, 3.8) is 0 Å². The zero-order valence-electron chi connectivity index (χ0n) is 15.4. The molecule has 1 N–H and O–H groups in total. The van der Waals surface area contributed by atoms with Crippen molar-refractivity contribution in [3.8, 4) is 0 Å². The zero-order valence-corrected chi connectivity index (χ0v) is 15.4. The van der Waals surface area contributed by atoms with Gasteiger partial charge in [0.15, 0.2) is 0 Å². The molecule has 0 radical (unpaired) electrons. The third-order valence-corrected chi connectivity index (χ3v) is 4.68. The summed E-state index contributed by atoms with van der Waals surface area (Å²) in [6.07, 6.45) is 5.86. The Morgan fingerprint density at radius 2 is 1.80 bits per heavy atom. The normalized spacial score (nSPS) is 15.0. The number of piperidine rings is 1. The van der Waals surface area contributed by atoms with E-state index in [0.717, 1.165) is 12.1 Å². The van der Waals surface area contributed by atoms with Crippen molar-refractivity contribution in [2.24, 2.45) is 5.92 Å². The summed E-state index contributed by atoms with van der Waals surface area (Å²) in [7, 11) is 0. The van der Waals surface area contributed by atoms with Gasteiger partial charge in [0.2, 0.25) is 5.91 Å². The molecule has 0 aliphatic carbocycles. The molecule has 1 aliphatic heterocycles. The number of likely N-dealkylation sites (tertiary alicyclic amines) is 1. The third kappa shape index (κ3) is 6.07. The minimum Gasteiger partial charge on any atom is -0.450 e. The minimum absolute atomic E-state index is 0.0437. The zero-order chi connectivity index (χ0) is 18.1. The molecule has 5 heteroatoms. The van der Waals surface area contributed by atoms with E-state index < -0.39 is 0 Å². The van der Waals surface area contributed by atoms with Crippen LogP contribution in [-0.4, -0.2) is 36.6 Å². The van der Waals surface area contributed by atoms with Crippen LogP contribution in [0.1, 0.15) is 51.5 Å². The molecule has 1 heterocycles. The SMILES string of the molecule is CCCCCc1ccc(NC(=O)C2CCN(C(=O)OCC)CC2)cc1. The minimum atomic E-state index is -0.278. The summed E-state index contributed by atoms with van der Waals surface area (Å²) in [6.45, 7) is 5.54. The number of carbonyl (C=O) groups is 2. The van der Waals surface area contributed by atoms with Gasteiger partial charge < -0.3 is 15.0 Å². The molecular weight excluding hydrogens is 316 g/mol. The van der Waals surface area contributed by atoms with Crippen molar-refractivity contribution < 1.29 is 14.3 Å². The van der Waals surface area contributed by atoms with Crippen LogP contribution >= 0.6 is 0 Å². The Bertz CT molecular complexity index is 549. The number of aryl methyl sites for hydroxylation is 1. The van der Waals surface area contributed by atoms with Gasteiger partial charge in [-0.1, -0.05) is 31.9 Å². The molecule has 0 spiro atoms. The average Bonchev–Trinajstić information content (AvgIpc) is 2.63. The topological polar surface area (TPSA) is 58.6 Å². The molecule has 1 aliphatic rings. The van der Waals surface area contributed by atoms with E-state index in [0.29, 0.717) is 32.5 Å². The van der Waals surface area contributed by atoms with Crippen LogP contribution in [0.4, 0.5) is 10.5 Å². The van der Waals surface area contributed by atoms with Gasteiger partial charge in [0.05, 0.1) is 6.61 Å². The van der Waals surface area contributed by atoms with E-state index >= 15 is 0 Å². The molecule has 0 unspecified atom stereocenters. The summed E-state index contributed by atoms with van der Waals surface area (Å²) in [6, 6.07) is 8.14. The van der Waals surface area contributed by atoms with Gasteiger partial charge in [-0.3, -0.25) is 4.79 Å². The van der Waals surface area contributed by atoms with E-state index in [4.69, 9.17) is 4.74 Å². The number of rotatable bonds is 7. The summed E-state index contributed by atoms with van der Waals surface area (Å²) in [5.41, 5.74) is 2.16. The van der Waals surface area contributed by atoms with Crippen LogP contribution in [0, 0.1) is 5.92 Å². The van der Waals surface area contributed by atoms with Crippen molar-refractivity contribution in [1.29, 1.82) is 0 Å². The lowest BCUT2D eigenvalue weighted by molar-refractivity contribution is -0.121. The monoisotopic (exact) mass is 346 g/mol. The van der Waals surface area contributed by atoms with Crippen LogP contribution in [-0.2, 0) is 16.0 Å². The second-order valence-electron chi connectivity index (χ2n) is 6.60. The summed E-state index contributed by atoms with van der Waals surface area (Å²) >= 11 is 0. The fourth-order valence-electron chi connectivity index (χ4n) is 3.12. The number of hydrogen-bond donors (Lipinski definition) is 1. The standard InChI is InChI=1S/C20H30N2O3/c1-3-5-6-7-16-8-10-18(11-9-16)21-19(23)17-12-14-22(15-13-17)20(24)25-4-2/h8-11,17H,3-7,12-15H2,1-2H3,(H,21,23). The van der Waals surface area contributed by atoms with Gasteiger partial charge in [0.1, 0.15) is 0 Å². The second-order valence-corrected chi connectivity index (χ2v) is 6.60. The van der Waals surface area contributed by atoms with E-state index in [9.17, 15) is 9.59 Å². The number of ether oxygens (including phenoxy) is 1. The van der Waals surface area contributed by atoms with Crippen LogP contribution < -0.4 is 5.32 Å². The predicted octanol–water partition coefficient (Wildman–Crippen LogP) is 4.23. The van der Waals surface area contributed by atoms with Crippen LogP contribution in [0.2, 0.25) is 0 Å². The van der Waals surface area contributed by atoms with Crippen molar-refractivity contribution in [2.45, 2.75) is 52.4 Å². The van der Waals surface area contributed by atoms with Crippen LogP contribution in [0.15, 0.2) is 24.3 Å². The van der Waals surface area contributed by atoms with Crippen molar-refractivity contribution >= 4 is 17.7 Å². The van der Waals surface area contributed by atoms with Crippen molar-refractivity contribution in [2.75, 3.05) is 25.0 Å². The highest BCUT2D eigenvalue weighted by molar-refractivity contribution is 5.92. The number of unbranched alkanes of at least 4 members (excludes halogenated alkanes) is 2. The maximum atomic E-state index is 12.4. The number of nitrogens with one attached hydrogen (secondary N) is 1. The first-order chi connectivity index (χ1) is 12.1. The highest BCUT2D eigenvalue weighted by atomic mass is 16.6. The molecule has 1 aromatic rings. The summed E-state index contributed by atoms with van der Waals surface area (Å²) < 4.78 is 5.01. The molecule has 0 bridgehead atoms. The van der Waals surface area contributed by atoms with E-state index in [1.54, 1.807) is 11.8 Å². The second kappa shape index (κ2) is 10.1. The number of amides is 2. The maximum Gasteiger partial charge on any atom is 0.409 e. The van der Waals surface area contributed by atoms with E-state index in [2.05, 4.69) is 24.4 Å². The molecule has 2 amide bonds. The Balaban J connectivity index is 1.77. The van der Waals surface area contributed by atoms with Crippen molar-refractivity contribution in [3.05, 3.63) is 29.8 Å². The quantitative estimate of drug-likeness (QED) is 0.752. The first-order valence-corrected chi connectivity index (χ1v) is 9.45. The van der Waals surface area contributed by atoms with Gasteiger partial charge in [-0.2, -0.15) is 0 Å². The van der Waals surface area contributed by atoms with E-state index in [1.165, 1.54) is 24.8 Å². The lowest BCUT2D eigenvalue weighted by atomic mass is 9.96. The molecule has 5 nitrogen and oxygen atoms in total. The molecule has 0 aromatic heterocycles. The molecule has 1 aromatic carbocycles. The maximum absolute atomic E-state index is 12.4. The van der Waals surface area contributed by atoms with Crippen LogP contribution in [0.5, 0.6) is 0 Å². The lowest BCUT2D eigenvalue weighted by Gasteiger charge is -2.30. The Hall–Kier alpha value is -2.04. The van der Waals surface area contributed by atoms with Gasteiger partial charge in [-0.25, -0.2) is 4.79 Å². The fourth-order valence-corrected chi connectivity index (χ4v) is 3.12. The first kappa shape index (κ1) is 19.3. The van der Waals surface area contributed by atoms with Gasteiger partial charge in [-0.05, 0) is 50.3 Å². The summed E-state index contributed by atoms with van der Waals surface area (Å²) in [5, 5.41) is 3.00. The summed E-state index contributed by atoms with van der Waals surface area (Å²) in [4.78, 5) is 25.8. The molecular formula is C20H30N2O3. The van der Waals surface area contributed by atoms with Gasteiger partial charge >= 0.3 is 6.09 Å². The highest BCUT2D eigenvalue weighted by Gasteiger charge is 2.27. The molecule has 1 saturated heterocycles. The van der Waals surface area contributed by atoms with Crippen molar-refractivity contribution in [1.82, 2.24) is 4.90 Å².